The zero-order valence-electron chi connectivity index (χ0n) is 11.5. The Bertz CT molecular complexity index is 633. The molecule has 2 rings (SSSR count). The molecule has 0 bridgehead atoms. The molecule has 0 fully saturated rings. The van der Waals surface area contributed by atoms with Crippen LogP contribution in [0, 0.1) is 11.3 Å². The minimum Gasteiger partial charge on any atom is -0.493 e. The van der Waals surface area contributed by atoms with E-state index in [2.05, 4.69) is 11.4 Å². The molecule has 20 heavy (non-hydrogen) atoms. The highest BCUT2D eigenvalue weighted by molar-refractivity contribution is 5.50. The monoisotopic (exact) mass is 268 g/mol. The molecular weight excluding hydrogens is 252 g/mol. The summed E-state index contributed by atoms with van der Waals surface area (Å²) in [5.74, 6) is 1.42. The molecule has 0 radical (unpaired) electrons. The fraction of sp³-hybridized carbons (Fsp3) is 0.188. The van der Waals surface area contributed by atoms with E-state index in [0.29, 0.717) is 23.6 Å². The van der Waals surface area contributed by atoms with Crippen molar-refractivity contribution in [2.45, 2.75) is 6.54 Å². The van der Waals surface area contributed by atoms with E-state index in [4.69, 9.17) is 14.7 Å². The number of anilines is 1. The number of nitrogens with one attached hydrogen (secondary N) is 1. The highest BCUT2D eigenvalue weighted by atomic mass is 16.5. The molecule has 2 aromatic rings. The normalized spacial score (nSPS) is 9.65. The molecule has 0 atom stereocenters. The Morgan fingerprint density at radius 1 is 1.05 bits per heavy atom. The first-order valence-corrected chi connectivity index (χ1v) is 6.21. The number of nitrogens with zero attached hydrogens (tertiary/aromatic N) is 1. The number of methoxy groups -OCH3 is 2. The van der Waals surface area contributed by atoms with Crippen LogP contribution in [-0.4, -0.2) is 14.2 Å². The van der Waals surface area contributed by atoms with Crippen LogP contribution in [-0.2, 0) is 6.54 Å². The minimum absolute atomic E-state index is 0.641. The Labute approximate surface area is 118 Å². The van der Waals surface area contributed by atoms with E-state index in [-0.39, 0.29) is 0 Å². The third-order valence-electron chi connectivity index (χ3n) is 2.94. The van der Waals surface area contributed by atoms with Gasteiger partial charge in [-0.25, -0.2) is 0 Å². The molecule has 0 saturated heterocycles. The number of ether oxygens (including phenoxy) is 2. The van der Waals surface area contributed by atoms with Gasteiger partial charge in [-0.05, 0) is 35.9 Å². The standard InChI is InChI=1S/C16H16N2O2/c1-19-15-7-6-13(9-16(15)20-2)11-18-14-5-3-4-12(8-14)10-17/h3-9,18H,11H2,1-2H3. The second-order valence-electron chi connectivity index (χ2n) is 4.24. The molecule has 0 saturated carbocycles. The van der Waals surface area contributed by atoms with Crippen molar-refractivity contribution in [2.75, 3.05) is 19.5 Å². The van der Waals surface area contributed by atoms with Gasteiger partial charge in [0.25, 0.3) is 0 Å². The largest absolute Gasteiger partial charge is 0.493 e. The topological polar surface area (TPSA) is 54.3 Å². The molecule has 4 heteroatoms. The third-order valence-corrected chi connectivity index (χ3v) is 2.94. The Morgan fingerprint density at radius 3 is 2.55 bits per heavy atom. The van der Waals surface area contributed by atoms with Crippen LogP contribution in [0.3, 0.4) is 0 Å². The lowest BCUT2D eigenvalue weighted by Gasteiger charge is -2.11. The van der Waals surface area contributed by atoms with Gasteiger partial charge in [0.2, 0.25) is 0 Å². The summed E-state index contributed by atoms with van der Waals surface area (Å²) in [6.45, 7) is 0.648. The first kappa shape index (κ1) is 13.8. The fourth-order valence-corrected chi connectivity index (χ4v) is 1.89. The SMILES string of the molecule is COc1ccc(CNc2cccc(C#N)c2)cc1OC. The Hall–Kier alpha value is -2.67. The van der Waals surface area contributed by atoms with Crippen molar-refractivity contribution in [1.82, 2.24) is 0 Å². The van der Waals surface area contributed by atoms with Crippen LogP contribution in [0.2, 0.25) is 0 Å². The van der Waals surface area contributed by atoms with Crippen molar-refractivity contribution in [3.05, 3.63) is 53.6 Å². The molecule has 0 aliphatic carbocycles. The summed E-state index contributed by atoms with van der Waals surface area (Å²) in [4.78, 5) is 0. The summed E-state index contributed by atoms with van der Waals surface area (Å²) in [6, 6.07) is 15.3. The zero-order valence-corrected chi connectivity index (χ0v) is 11.5. The van der Waals surface area contributed by atoms with Gasteiger partial charge in [-0.1, -0.05) is 12.1 Å². The summed E-state index contributed by atoms with van der Waals surface area (Å²) in [5, 5.41) is 12.1. The van der Waals surface area contributed by atoms with Gasteiger partial charge in [0, 0.05) is 12.2 Å². The Kier molecular flexibility index (Phi) is 4.46. The second kappa shape index (κ2) is 6.48. The first-order chi connectivity index (χ1) is 9.76. The van der Waals surface area contributed by atoms with E-state index in [9.17, 15) is 0 Å². The average Bonchev–Trinajstić information content (AvgIpc) is 2.52. The predicted molar refractivity (Wildman–Crippen MR) is 78.0 cm³/mol. The second-order valence-corrected chi connectivity index (χ2v) is 4.24. The van der Waals surface area contributed by atoms with Gasteiger partial charge in [0.05, 0.1) is 25.9 Å². The van der Waals surface area contributed by atoms with Gasteiger partial charge in [-0.15, -0.1) is 0 Å². The van der Waals surface area contributed by atoms with Crippen molar-refractivity contribution < 1.29 is 9.47 Å². The smallest absolute Gasteiger partial charge is 0.161 e. The van der Waals surface area contributed by atoms with Gasteiger partial charge in [0.1, 0.15) is 0 Å². The molecule has 102 valence electrons. The van der Waals surface area contributed by atoms with Crippen LogP contribution in [0.4, 0.5) is 5.69 Å². The third kappa shape index (κ3) is 3.21. The predicted octanol–water partition coefficient (Wildman–Crippen LogP) is 3.19. The molecule has 0 amide bonds. The number of hydrogen-bond donors (Lipinski definition) is 1. The van der Waals surface area contributed by atoms with Crippen molar-refractivity contribution >= 4 is 5.69 Å². The van der Waals surface area contributed by atoms with Crippen LogP contribution < -0.4 is 14.8 Å². The van der Waals surface area contributed by atoms with Gasteiger partial charge >= 0.3 is 0 Å². The molecule has 2 aromatic carbocycles. The fourth-order valence-electron chi connectivity index (χ4n) is 1.89. The first-order valence-electron chi connectivity index (χ1n) is 6.21. The zero-order chi connectivity index (χ0) is 14.4. The van der Waals surface area contributed by atoms with E-state index < -0.39 is 0 Å². The quantitative estimate of drug-likeness (QED) is 0.904. The van der Waals surface area contributed by atoms with Crippen molar-refractivity contribution in [1.29, 1.82) is 5.26 Å². The van der Waals surface area contributed by atoms with Crippen molar-refractivity contribution in [3.63, 3.8) is 0 Å². The molecule has 0 heterocycles. The molecule has 0 spiro atoms. The maximum atomic E-state index is 8.87. The average molecular weight is 268 g/mol. The Morgan fingerprint density at radius 2 is 1.85 bits per heavy atom. The maximum Gasteiger partial charge on any atom is 0.161 e. The number of hydrogen-bond acceptors (Lipinski definition) is 4. The summed E-state index contributed by atoms with van der Waals surface area (Å²) in [5.41, 5.74) is 2.63. The lowest BCUT2D eigenvalue weighted by atomic mass is 10.2. The molecule has 4 nitrogen and oxygen atoms in total. The maximum absolute atomic E-state index is 8.87. The van der Waals surface area contributed by atoms with Crippen molar-refractivity contribution in [3.8, 4) is 17.6 Å². The number of nitriles is 1. The molecule has 0 aliphatic heterocycles. The van der Waals surface area contributed by atoms with Gasteiger partial charge < -0.3 is 14.8 Å². The van der Waals surface area contributed by atoms with E-state index in [1.165, 1.54) is 0 Å². The van der Waals surface area contributed by atoms with Gasteiger partial charge in [-0.2, -0.15) is 5.26 Å². The van der Waals surface area contributed by atoms with E-state index in [1.807, 2.05) is 36.4 Å². The Balaban J connectivity index is 2.09. The molecular formula is C16H16N2O2. The summed E-state index contributed by atoms with van der Waals surface area (Å²) >= 11 is 0. The van der Waals surface area contributed by atoms with Crippen LogP contribution >= 0.6 is 0 Å². The number of rotatable bonds is 5. The summed E-state index contributed by atoms with van der Waals surface area (Å²) in [7, 11) is 3.23. The van der Waals surface area contributed by atoms with Crippen LogP contribution in [0.25, 0.3) is 0 Å². The van der Waals surface area contributed by atoms with E-state index in [0.717, 1.165) is 11.3 Å². The van der Waals surface area contributed by atoms with Gasteiger partial charge in [-0.3, -0.25) is 0 Å². The summed E-state index contributed by atoms with van der Waals surface area (Å²) < 4.78 is 10.5. The lowest BCUT2D eigenvalue weighted by Crippen LogP contribution is -2.00. The van der Waals surface area contributed by atoms with Crippen molar-refractivity contribution in [2.24, 2.45) is 0 Å². The highest BCUT2D eigenvalue weighted by Gasteiger charge is 2.04. The molecule has 1 N–H and O–H groups in total. The van der Waals surface area contributed by atoms with Crippen LogP contribution in [0.1, 0.15) is 11.1 Å². The minimum atomic E-state index is 0.641. The van der Waals surface area contributed by atoms with E-state index in [1.54, 1.807) is 20.3 Å². The molecule has 0 aliphatic rings. The van der Waals surface area contributed by atoms with Crippen LogP contribution in [0.15, 0.2) is 42.5 Å². The van der Waals surface area contributed by atoms with Crippen LogP contribution in [0.5, 0.6) is 11.5 Å². The number of benzene rings is 2. The van der Waals surface area contributed by atoms with Gasteiger partial charge in [0.15, 0.2) is 11.5 Å². The van der Waals surface area contributed by atoms with E-state index >= 15 is 0 Å². The lowest BCUT2D eigenvalue weighted by molar-refractivity contribution is 0.354. The summed E-state index contributed by atoms with van der Waals surface area (Å²) in [6.07, 6.45) is 0. The molecule has 0 aromatic heterocycles. The highest BCUT2D eigenvalue weighted by Crippen LogP contribution is 2.27. The molecule has 0 unspecified atom stereocenters.